The number of rotatable bonds is 8. The van der Waals surface area contributed by atoms with Crippen LogP contribution in [0.5, 0.6) is 11.5 Å². The van der Waals surface area contributed by atoms with Gasteiger partial charge in [0.05, 0.1) is 20.0 Å². The first-order valence-electron chi connectivity index (χ1n) is 6.44. The molecule has 21 heavy (non-hydrogen) atoms. The molecule has 120 valence electrons. The lowest BCUT2D eigenvalue weighted by molar-refractivity contribution is 0.350. The lowest BCUT2D eigenvalue weighted by Crippen LogP contribution is -2.25. The third-order valence-corrected chi connectivity index (χ3v) is 3.81. The van der Waals surface area contributed by atoms with E-state index in [1.54, 1.807) is 0 Å². The van der Waals surface area contributed by atoms with Crippen molar-refractivity contribution in [1.29, 1.82) is 0 Å². The lowest BCUT2D eigenvalue weighted by atomic mass is 10.2. The van der Waals surface area contributed by atoms with E-state index in [1.807, 2.05) is 11.8 Å². The Kier molecular flexibility index (Phi) is 6.22. The van der Waals surface area contributed by atoms with E-state index in [9.17, 15) is 12.8 Å². The van der Waals surface area contributed by atoms with Crippen LogP contribution in [0.3, 0.4) is 0 Å². The molecule has 0 fully saturated rings. The Balaban J connectivity index is 2.94. The normalized spacial score (nSPS) is 11.3. The van der Waals surface area contributed by atoms with Gasteiger partial charge in [0, 0.05) is 30.9 Å². The summed E-state index contributed by atoms with van der Waals surface area (Å²) in [6, 6.07) is 3.05. The average Bonchev–Trinajstić information content (AvgIpc) is 2.43. The average molecular weight is 321 g/mol. The van der Waals surface area contributed by atoms with Gasteiger partial charge in [-0.15, -0.1) is 0 Å². The topological polar surface area (TPSA) is 76.1 Å². The molecule has 0 aromatic heterocycles. The zero-order chi connectivity index (χ0) is 16.0. The van der Waals surface area contributed by atoms with Crippen LogP contribution in [0.1, 0.15) is 13.3 Å². The first-order valence-corrected chi connectivity index (χ1v) is 8.05. The fourth-order valence-electron chi connectivity index (χ4n) is 1.95. The molecule has 6 nitrogen and oxygen atoms in total. The molecule has 0 radical (unpaired) electrons. The third kappa shape index (κ3) is 5.05. The molecule has 1 aromatic carbocycles. The molecule has 0 saturated heterocycles. The van der Waals surface area contributed by atoms with Crippen LogP contribution in [0.4, 0.5) is 10.1 Å². The zero-order valence-corrected chi connectivity index (χ0v) is 13.1. The Hall–Kier alpha value is -1.54. The second-order valence-electron chi connectivity index (χ2n) is 4.38. The summed E-state index contributed by atoms with van der Waals surface area (Å²) >= 11 is 0. The van der Waals surface area contributed by atoms with Crippen LogP contribution in [0.2, 0.25) is 0 Å². The number of benzene rings is 1. The number of hydrogen-bond donors (Lipinski definition) is 1. The summed E-state index contributed by atoms with van der Waals surface area (Å²) in [6.45, 7) is 2.87. The number of ether oxygens (including phenoxy) is 2. The molecular weight excluding hydrogens is 301 g/mol. The van der Waals surface area contributed by atoms with Crippen LogP contribution < -0.4 is 14.4 Å². The summed E-state index contributed by atoms with van der Waals surface area (Å²) in [4.78, 5) is 1.84. The standard InChI is InChI=1S/C13H20FNO5S/c1-4-15(6-5-7-21(16,17)18)10-8-11(19-2)13(14)12(9-10)20-3/h8-9H,4-7H2,1-3H3,(H,16,17,18). The van der Waals surface area contributed by atoms with E-state index in [2.05, 4.69) is 0 Å². The first kappa shape index (κ1) is 17.5. The second-order valence-corrected chi connectivity index (χ2v) is 5.96. The van der Waals surface area contributed by atoms with E-state index in [4.69, 9.17) is 14.0 Å². The van der Waals surface area contributed by atoms with Crippen molar-refractivity contribution >= 4 is 15.8 Å². The number of methoxy groups -OCH3 is 2. The maximum Gasteiger partial charge on any atom is 0.264 e. The van der Waals surface area contributed by atoms with Gasteiger partial charge in [0.1, 0.15) is 0 Å². The maximum atomic E-state index is 13.8. The molecule has 8 heteroatoms. The van der Waals surface area contributed by atoms with Crippen molar-refractivity contribution in [2.24, 2.45) is 0 Å². The summed E-state index contributed by atoms with van der Waals surface area (Å²) in [6.07, 6.45) is 0.259. The van der Waals surface area contributed by atoms with E-state index >= 15 is 0 Å². The molecule has 1 aromatic rings. The molecule has 0 amide bonds. The van der Waals surface area contributed by atoms with E-state index < -0.39 is 15.9 Å². The highest BCUT2D eigenvalue weighted by Crippen LogP contribution is 2.32. The minimum absolute atomic E-state index is 0.0533. The Bertz CT molecular complexity index is 551. The van der Waals surface area contributed by atoms with E-state index in [0.717, 1.165) is 0 Å². The molecule has 0 saturated carbocycles. The van der Waals surface area contributed by atoms with Gasteiger partial charge in [0.15, 0.2) is 11.5 Å². The van der Waals surface area contributed by atoms with Gasteiger partial charge < -0.3 is 14.4 Å². The lowest BCUT2D eigenvalue weighted by Gasteiger charge is -2.24. The maximum absolute atomic E-state index is 13.8. The SMILES string of the molecule is CCN(CCCS(=O)(=O)O)c1cc(OC)c(F)c(OC)c1. The quantitative estimate of drug-likeness (QED) is 0.738. The minimum Gasteiger partial charge on any atom is -0.493 e. The predicted molar refractivity (Wildman–Crippen MR) is 78.4 cm³/mol. The fraction of sp³-hybridized carbons (Fsp3) is 0.538. The van der Waals surface area contributed by atoms with Gasteiger partial charge in [-0.1, -0.05) is 0 Å². The molecule has 1 N–H and O–H groups in total. The molecule has 0 atom stereocenters. The minimum atomic E-state index is -3.98. The number of hydrogen-bond acceptors (Lipinski definition) is 5. The van der Waals surface area contributed by atoms with Gasteiger partial charge in [-0.25, -0.2) is 0 Å². The highest BCUT2D eigenvalue weighted by Gasteiger charge is 2.15. The highest BCUT2D eigenvalue weighted by atomic mass is 32.2. The molecular formula is C13H20FNO5S. The van der Waals surface area contributed by atoms with Crippen LogP contribution >= 0.6 is 0 Å². The van der Waals surface area contributed by atoms with Gasteiger partial charge >= 0.3 is 0 Å². The van der Waals surface area contributed by atoms with E-state index in [0.29, 0.717) is 18.8 Å². The first-order chi connectivity index (χ1) is 9.82. The monoisotopic (exact) mass is 321 g/mol. The van der Waals surface area contributed by atoms with Crippen molar-refractivity contribution in [3.63, 3.8) is 0 Å². The van der Waals surface area contributed by atoms with Gasteiger partial charge in [-0.2, -0.15) is 12.8 Å². The molecule has 0 aliphatic heterocycles. The zero-order valence-electron chi connectivity index (χ0n) is 12.3. The van der Waals surface area contributed by atoms with Gasteiger partial charge in [0.2, 0.25) is 5.82 Å². The summed E-state index contributed by atoms with van der Waals surface area (Å²) in [5, 5.41) is 0. The fourth-order valence-corrected chi connectivity index (χ4v) is 2.44. The van der Waals surface area contributed by atoms with Crippen LogP contribution in [-0.2, 0) is 10.1 Å². The molecule has 0 aliphatic carbocycles. The van der Waals surface area contributed by atoms with Crippen LogP contribution in [0, 0.1) is 5.82 Å². The number of halogens is 1. The molecule has 0 spiro atoms. The van der Waals surface area contributed by atoms with Crippen LogP contribution in [-0.4, -0.2) is 46.0 Å². The third-order valence-electron chi connectivity index (χ3n) is 3.01. The summed E-state index contributed by atoms with van der Waals surface area (Å²) in [5.41, 5.74) is 0.655. The Labute approximate surface area is 124 Å². The van der Waals surface area contributed by atoms with Crippen molar-refractivity contribution < 1.29 is 26.8 Å². The second kappa shape index (κ2) is 7.46. The predicted octanol–water partition coefficient (Wildman–Crippen LogP) is 1.95. The van der Waals surface area contributed by atoms with Crippen LogP contribution in [0.15, 0.2) is 12.1 Å². The Morgan fingerprint density at radius 2 is 1.76 bits per heavy atom. The van der Waals surface area contributed by atoms with Crippen molar-refractivity contribution in [3.8, 4) is 11.5 Å². The Morgan fingerprint density at radius 1 is 1.24 bits per heavy atom. The summed E-state index contributed by atoms with van der Waals surface area (Å²) in [5.74, 6) is -0.799. The molecule has 0 bridgehead atoms. The number of nitrogens with zero attached hydrogens (tertiary/aromatic N) is 1. The largest absolute Gasteiger partial charge is 0.493 e. The number of anilines is 1. The van der Waals surface area contributed by atoms with Crippen LogP contribution in [0.25, 0.3) is 0 Å². The van der Waals surface area contributed by atoms with Crippen molar-refractivity contribution in [3.05, 3.63) is 17.9 Å². The highest BCUT2D eigenvalue weighted by molar-refractivity contribution is 7.85. The Morgan fingerprint density at radius 3 is 2.14 bits per heavy atom. The molecule has 0 unspecified atom stereocenters. The van der Waals surface area contributed by atoms with Crippen molar-refractivity contribution in [2.45, 2.75) is 13.3 Å². The van der Waals surface area contributed by atoms with Crippen molar-refractivity contribution in [1.82, 2.24) is 0 Å². The smallest absolute Gasteiger partial charge is 0.264 e. The van der Waals surface area contributed by atoms with E-state index in [-0.39, 0.29) is 23.7 Å². The summed E-state index contributed by atoms with van der Waals surface area (Å²) in [7, 11) is -1.26. The van der Waals surface area contributed by atoms with Gasteiger partial charge in [-0.3, -0.25) is 4.55 Å². The molecule has 0 heterocycles. The molecule has 1 rings (SSSR count). The van der Waals surface area contributed by atoms with Gasteiger partial charge in [-0.05, 0) is 13.3 Å². The summed E-state index contributed by atoms with van der Waals surface area (Å²) < 4.78 is 54.0. The molecule has 0 aliphatic rings. The van der Waals surface area contributed by atoms with Gasteiger partial charge in [0.25, 0.3) is 10.1 Å². The van der Waals surface area contributed by atoms with Crippen molar-refractivity contribution in [2.75, 3.05) is 38.0 Å². The van der Waals surface area contributed by atoms with E-state index in [1.165, 1.54) is 26.4 Å².